The molecule has 0 aromatic heterocycles. The van der Waals surface area contributed by atoms with Crippen molar-refractivity contribution in [2.24, 2.45) is 0 Å². The standard InChI is InChI=1S/C10H20N2O3/c1-4-6-8(9(13)14)11-10(15)12(3)7-5-2/h8H,4-7H2,1-3H3,(H,11,15)(H,13,14)/t8-/m1/s1. The largest absolute Gasteiger partial charge is 0.480 e. The molecule has 2 N–H and O–H groups in total. The molecule has 0 radical (unpaired) electrons. The van der Waals surface area contributed by atoms with Crippen molar-refractivity contribution in [2.45, 2.75) is 39.2 Å². The molecule has 0 rings (SSSR count). The molecule has 5 nitrogen and oxygen atoms in total. The van der Waals surface area contributed by atoms with E-state index in [0.29, 0.717) is 13.0 Å². The Morgan fingerprint density at radius 2 is 1.93 bits per heavy atom. The van der Waals surface area contributed by atoms with Gasteiger partial charge in [0.25, 0.3) is 0 Å². The Balaban J connectivity index is 4.15. The van der Waals surface area contributed by atoms with E-state index in [9.17, 15) is 9.59 Å². The molecule has 0 bridgehead atoms. The molecule has 0 aromatic rings. The summed E-state index contributed by atoms with van der Waals surface area (Å²) in [7, 11) is 1.66. The van der Waals surface area contributed by atoms with Crippen LogP contribution in [-0.4, -0.2) is 41.6 Å². The van der Waals surface area contributed by atoms with Gasteiger partial charge in [-0.15, -0.1) is 0 Å². The van der Waals surface area contributed by atoms with Crippen LogP contribution in [0.5, 0.6) is 0 Å². The predicted octanol–water partition coefficient (Wildman–Crippen LogP) is 1.29. The number of hydrogen-bond donors (Lipinski definition) is 2. The second kappa shape index (κ2) is 7.09. The highest BCUT2D eigenvalue weighted by molar-refractivity contribution is 5.82. The predicted molar refractivity (Wildman–Crippen MR) is 57.8 cm³/mol. The minimum Gasteiger partial charge on any atom is -0.480 e. The van der Waals surface area contributed by atoms with Gasteiger partial charge in [0.15, 0.2) is 0 Å². The highest BCUT2D eigenvalue weighted by Gasteiger charge is 2.20. The van der Waals surface area contributed by atoms with Crippen molar-refractivity contribution in [3.05, 3.63) is 0 Å². The number of carboxylic acids is 1. The second-order valence-electron chi connectivity index (χ2n) is 3.55. The second-order valence-corrected chi connectivity index (χ2v) is 3.55. The topological polar surface area (TPSA) is 69.6 Å². The number of rotatable bonds is 6. The van der Waals surface area contributed by atoms with Crippen LogP contribution in [0.3, 0.4) is 0 Å². The first-order valence-corrected chi connectivity index (χ1v) is 5.27. The van der Waals surface area contributed by atoms with Gasteiger partial charge >= 0.3 is 12.0 Å². The maximum absolute atomic E-state index is 11.5. The van der Waals surface area contributed by atoms with Crippen LogP contribution >= 0.6 is 0 Å². The molecule has 0 aliphatic carbocycles. The SMILES string of the molecule is CCC[C@@H](NC(=O)N(C)CCC)C(=O)O. The zero-order chi connectivity index (χ0) is 11.8. The molecule has 0 aliphatic heterocycles. The van der Waals surface area contributed by atoms with Gasteiger partial charge in [-0.3, -0.25) is 0 Å². The molecule has 5 heteroatoms. The molecule has 0 aromatic carbocycles. The van der Waals surface area contributed by atoms with Gasteiger partial charge in [0, 0.05) is 13.6 Å². The van der Waals surface area contributed by atoms with E-state index in [4.69, 9.17) is 5.11 Å². The Kier molecular flexibility index (Phi) is 6.49. The maximum atomic E-state index is 11.5. The summed E-state index contributed by atoms with van der Waals surface area (Å²) >= 11 is 0. The van der Waals surface area contributed by atoms with Crippen LogP contribution in [-0.2, 0) is 4.79 Å². The number of carbonyl (C=O) groups excluding carboxylic acids is 1. The Hall–Kier alpha value is -1.26. The van der Waals surface area contributed by atoms with Gasteiger partial charge in [-0.1, -0.05) is 20.3 Å². The molecule has 1 atom stereocenters. The quantitative estimate of drug-likeness (QED) is 0.703. The van der Waals surface area contributed by atoms with Crippen LogP contribution in [0.2, 0.25) is 0 Å². The fourth-order valence-electron chi connectivity index (χ4n) is 1.24. The van der Waals surface area contributed by atoms with Crippen molar-refractivity contribution in [1.29, 1.82) is 0 Å². The normalized spacial score (nSPS) is 11.9. The Morgan fingerprint density at radius 1 is 1.33 bits per heavy atom. The number of carboxylic acid groups (broad SMARTS) is 1. The summed E-state index contributed by atoms with van der Waals surface area (Å²) in [5.74, 6) is -0.977. The number of nitrogens with one attached hydrogen (secondary N) is 1. The van der Waals surface area contributed by atoms with Crippen LogP contribution in [0, 0.1) is 0 Å². The summed E-state index contributed by atoms with van der Waals surface area (Å²) in [4.78, 5) is 23.7. The van der Waals surface area contributed by atoms with Gasteiger partial charge in [0.05, 0.1) is 0 Å². The van der Waals surface area contributed by atoms with Gasteiger partial charge in [0.2, 0.25) is 0 Å². The molecule has 0 heterocycles. The summed E-state index contributed by atoms with van der Waals surface area (Å²) in [6.07, 6.45) is 2.05. The third-order valence-corrected chi connectivity index (χ3v) is 2.08. The summed E-state index contributed by atoms with van der Waals surface area (Å²) < 4.78 is 0. The van der Waals surface area contributed by atoms with E-state index >= 15 is 0 Å². The van der Waals surface area contributed by atoms with E-state index in [1.807, 2.05) is 13.8 Å². The average Bonchev–Trinajstić information content (AvgIpc) is 2.17. The molecule has 15 heavy (non-hydrogen) atoms. The Morgan fingerprint density at radius 3 is 2.33 bits per heavy atom. The third-order valence-electron chi connectivity index (χ3n) is 2.08. The summed E-state index contributed by atoms with van der Waals surface area (Å²) in [6.45, 7) is 4.48. The van der Waals surface area contributed by atoms with Gasteiger partial charge in [-0.05, 0) is 12.8 Å². The van der Waals surface area contributed by atoms with E-state index in [1.54, 1.807) is 7.05 Å². The zero-order valence-corrected chi connectivity index (χ0v) is 9.62. The zero-order valence-electron chi connectivity index (χ0n) is 9.62. The van der Waals surface area contributed by atoms with Gasteiger partial charge < -0.3 is 15.3 Å². The van der Waals surface area contributed by atoms with Crippen LogP contribution in [0.1, 0.15) is 33.1 Å². The van der Waals surface area contributed by atoms with Crippen molar-refractivity contribution in [3.8, 4) is 0 Å². The molecule has 0 fully saturated rings. The van der Waals surface area contributed by atoms with Crippen molar-refractivity contribution in [1.82, 2.24) is 10.2 Å². The lowest BCUT2D eigenvalue weighted by Crippen LogP contribution is -2.46. The van der Waals surface area contributed by atoms with E-state index in [0.717, 1.165) is 12.8 Å². The van der Waals surface area contributed by atoms with Crippen molar-refractivity contribution in [3.63, 3.8) is 0 Å². The van der Waals surface area contributed by atoms with E-state index < -0.39 is 12.0 Å². The first-order chi connectivity index (χ1) is 7.02. The molecular weight excluding hydrogens is 196 g/mol. The summed E-state index contributed by atoms with van der Waals surface area (Å²) in [5.41, 5.74) is 0. The Bertz CT molecular complexity index is 219. The minimum atomic E-state index is -0.977. The highest BCUT2D eigenvalue weighted by Crippen LogP contribution is 1.98. The van der Waals surface area contributed by atoms with Gasteiger partial charge in [-0.2, -0.15) is 0 Å². The van der Waals surface area contributed by atoms with Crippen molar-refractivity contribution >= 4 is 12.0 Å². The molecule has 0 saturated heterocycles. The van der Waals surface area contributed by atoms with Crippen LogP contribution in [0.25, 0.3) is 0 Å². The molecule has 0 aliphatic rings. The lowest BCUT2D eigenvalue weighted by molar-refractivity contribution is -0.139. The fourth-order valence-corrected chi connectivity index (χ4v) is 1.24. The molecule has 88 valence electrons. The smallest absolute Gasteiger partial charge is 0.326 e. The Labute approximate surface area is 90.5 Å². The molecule has 0 spiro atoms. The van der Waals surface area contributed by atoms with Crippen molar-refractivity contribution in [2.75, 3.05) is 13.6 Å². The molecule has 0 saturated carbocycles. The first-order valence-electron chi connectivity index (χ1n) is 5.27. The van der Waals surface area contributed by atoms with E-state index in [-0.39, 0.29) is 6.03 Å². The lowest BCUT2D eigenvalue weighted by atomic mass is 10.2. The highest BCUT2D eigenvalue weighted by atomic mass is 16.4. The first kappa shape index (κ1) is 13.7. The number of hydrogen-bond acceptors (Lipinski definition) is 2. The molecule has 0 unspecified atom stereocenters. The maximum Gasteiger partial charge on any atom is 0.326 e. The lowest BCUT2D eigenvalue weighted by Gasteiger charge is -2.20. The van der Waals surface area contributed by atoms with Gasteiger partial charge in [-0.25, -0.2) is 9.59 Å². The number of amides is 2. The summed E-state index contributed by atoms with van der Waals surface area (Å²) in [5, 5.41) is 11.3. The third kappa shape index (κ3) is 5.24. The van der Waals surface area contributed by atoms with Gasteiger partial charge in [0.1, 0.15) is 6.04 Å². The number of carbonyl (C=O) groups is 2. The van der Waals surface area contributed by atoms with Crippen LogP contribution in [0.15, 0.2) is 0 Å². The summed E-state index contributed by atoms with van der Waals surface area (Å²) in [6, 6.07) is -1.10. The monoisotopic (exact) mass is 216 g/mol. The van der Waals surface area contributed by atoms with Crippen LogP contribution in [0.4, 0.5) is 4.79 Å². The van der Waals surface area contributed by atoms with E-state index in [1.165, 1.54) is 4.90 Å². The van der Waals surface area contributed by atoms with Crippen LogP contribution < -0.4 is 5.32 Å². The number of urea groups is 1. The van der Waals surface area contributed by atoms with Crippen molar-refractivity contribution < 1.29 is 14.7 Å². The minimum absolute atomic E-state index is 0.322. The number of nitrogens with zero attached hydrogens (tertiary/aromatic N) is 1. The fraction of sp³-hybridized carbons (Fsp3) is 0.800. The number of aliphatic carboxylic acids is 1. The molecule has 2 amide bonds. The average molecular weight is 216 g/mol. The van der Waals surface area contributed by atoms with E-state index in [2.05, 4.69) is 5.32 Å². The molecular formula is C10H20N2O3.